The van der Waals surface area contributed by atoms with Crippen LogP contribution in [0.2, 0.25) is 0 Å². The topological polar surface area (TPSA) is 60.5 Å². The lowest BCUT2D eigenvalue weighted by molar-refractivity contribution is -0.111. The zero-order chi connectivity index (χ0) is 21.5. The number of anilines is 1. The highest BCUT2D eigenvalue weighted by atomic mass is 32.1. The van der Waals surface area contributed by atoms with E-state index in [-0.39, 0.29) is 5.91 Å². The number of thiazole rings is 1. The highest BCUT2D eigenvalue weighted by molar-refractivity contribution is 7.14. The molecule has 0 atom stereocenters. The molecule has 156 valence electrons. The Morgan fingerprint density at radius 2 is 1.80 bits per heavy atom. The molecule has 5 nitrogen and oxygen atoms in total. The predicted octanol–water partition coefficient (Wildman–Crippen LogP) is 5.41. The van der Waals surface area contributed by atoms with Gasteiger partial charge < -0.3 is 9.47 Å². The van der Waals surface area contributed by atoms with Gasteiger partial charge in [-0.1, -0.05) is 29.8 Å². The third kappa shape index (κ3) is 5.78. The average molecular weight is 423 g/mol. The largest absolute Gasteiger partial charge is 0.491 e. The summed E-state index contributed by atoms with van der Waals surface area (Å²) in [6, 6.07) is 11.8. The highest BCUT2D eigenvalue weighted by Crippen LogP contribution is 2.31. The Morgan fingerprint density at radius 3 is 2.47 bits per heavy atom. The molecule has 0 radical (unpaired) electrons. The van der Waals surface area contributed by atoms with Gasteiger partial charge in [0.05, 0.1) is 12.3 Å². The molecule has 0 aliphatic heterocycles. The predicted molar refractivity (Wildman–Crippen MR) is 123 cm³/mol. The molecule has 30 heavy (non-hydrogen) atoms. The molecule has 0 fully saturated rings. The van der Waals surface area contributed by atoms with Gasteiger partial charge in [-0.25, -0.2) is 4.98 Å². The Morgan fingerprint density at radius 1 is 1.10 bits per heavy atom. The number of hydrogen-bond acceptors (Lipinski definition) is 5. The minimum absolute atomic E-state index is 0.214. The number of nitrogens with one attached hydrogen (secondary N) is 1. The van der Waals surface area contributed by atoms with Crippen LogP contribution in [0.5, 0.6) is 5.75 Å². The maximum atomic E-state index is 12.3. The van der Waals surface area contributed by atoms with Crippen LogP contribution in [0.1, 0.15) is 22.3 Å². The molecule has 6 heteroatoms. The molecule has 1 heterocycles. The molecule has 0 saturated carbocycles. The van der Waals surface area contributed by atoms with Crippen molar-refractivity contribution in [3.05, 3.63) is 70.1 Å². The number of carbonyl (C=O) groups is 1. The SMILES string of the molecule is COCCOc1ccc(/C=C/C(=O)Nc2nc(-c3c(C)cc(C)cc3C)cs2)cc1. The standard InChI is InChI=1S/C24H26N2O3S/c1-16-13-17(2)23(18(3)14-16)21-15-30-24(25-21)26-22(27)10-7-19-5-8-20(9-6-19)29-12-11-28-4/h5-10,13-15H,11-12H2,1-4H3,(H,25,26,27)/b10-7+. The molecule has 0 saturated heterocycles. The van der Waals surface area contributed by atoms with E-state index < -0.39 is 0 Å². The van der Waals surface area contributed by atoms with Crippen molar-refractivity contribution < 1.29 is 14.3 Å². The molecule has 1 N–H and O–H groups in total. The normalized spacial score (nSPS) is 11.1. The molecule has 0 spiro atoms. The number of methoxy groups -OCH3 is 1. The quantitative estimate of drug-likeness (QED) is 0.389. The summed E-state index contributed by atoms with van der Waals surface area (Å²) in [7, 11) is 1.64. The van der Waals surface area contributed by atoms with Gasteiger partial charge in [0.25, 0.3) is 0 Å². The molecule has 3 aromatic rings. The first-order valence-electron chi connectivity index (χ1n) is 9.71. The Kier molecular flexibility index (Phi) is 7.38. The van der Waals surface area contributed by atoms with E-state index in [1.165, 1.54) is 34.1 Å². The van der Waals surface area contributed by atoms with E-state index in [4.69, 9.17) is 9.47 Å². The van der Waals surface area contributed by atoms with Gasteiger partial charge in [0.15, 0.2) is 5.13 Å². The van der Waals surface area contributed by atoms with Crippen LogP contribution < -0.4 is 10.1 Å². The van der Waals surface area contributed by atoms with Gasteiger partial charge in [-0.15, -0.1) is 11.3 Å². The number of carbonyl (C=O) groups excluding carboxylic acids is 1. The number of ether oxygens (including phenoxy) is 2. The van der Waals surface area contributed by atoms with Crippen molar-refractivity contribution in [2.24, 2.45) is 0 Å². The first-order chi connectivity index (χ1) is 14.5. The molecule has 0 aliphatic rings. The van der Waals surface area contributed by atoms with Crippen LogP contribution in [0, 0.1) is 20.8 Å². The van der Waals surface area contributed by atoms with Gasteiger partial charge in [-0.2, -0.15) is 0 Å². The van der Waals surface area contributed by atoms with Crippen molar-refractivity contribution in [1.29, 1.82) is 0 Å². The molecule has 0 unspecified atom stereocenters. The fourth-order valence-electron chi connectivity index (χ4n) is 3.27. The van der Waals surface area contributed by atoms with Crippen LogP contribution in [0.15, 0.2) is 47.9 Å². The van der Waals surface area contributed by atoms with E-state index in [2.05, 4.69) is 43.2 Å². The molecular formula is C24H26N2O3S. The van der Waals surface area contributed by atoms with Crippen LogP contribution in [0.3, 0.4) is 0 Å². The Hall–Kier alpha value is -2.96. The second-order valence-corrected chi connectivity index (χ2v) is 7.90. The summed E-state index contributed by atoms with van der Waals surface area (Å²) in [5.74, 6) is 0.555. The van der Waals surface area contributed by atoms with Crippen LogP contribution >= 0.6 is 11.3 Å². The first kappa shape index (κ1) is 21.7. The van der Waals surface area contributed by atoms with Crippen LogP contribution in [-0.2, 0) is 9.53 Å². The number of hydrogen-bond donors (Lipinski definition) is 1. The van der Waals surface area contributed by atoms with Crippen molar-refractivity contribution in [2.45, 2.75) is 20.8 Å². The van der Waals surface area contributed by atoms with Crippen LogP contribution in [0.4, 0.5) is 5.13 Å². The summed E-state index contributed by atoms with van der Waals surface area (Å²) >= 11 is 1.42. The van der Waals surface area contributed by atoms with E-state index in [0.717, 1.165) is 22.6 Å². The van der Waals surface area contributed by atoms with Crippen molar-refractivity contribution in [1.82, 2.24) is 4.98 Å². The van der Waals surface area contributed by atoms with Gasteiger partial charge in [0.1, 0.15) is 12.4 Å². The molecule has 1 aromatic heterocycles. The van der Waals surface area contributed by atoms with E-state index in [1.54, 1.807) is 13.2 Å². The van der Waals surface area contributed by atoms with Gasteiger partial charge in [0.2, 0.25) is 5.91 Å². The smallest absolute Gasteiger partial charge is 0.250 e. The molecule has 1 amide bonds. The maximum Gasteiger partial charge on any atom is 0.250 e. The monoisotopic (exact) mass is 422 g/mol. The summed E-state index contributed by atoms with van der Waals surface area (Å²) < 4.78 is 10.5. The van der Waals surface area contributed by atoms with E-state index in [0.29, 0.717) is 18.3 Å². The molecular weight excluding hydrogens is 396 g/mol. The second-order valence-electron chi connectivity index (χ2n) is 7.04. The van der Waals surface area contributed by atoms with Crippen molar-refractivity contribution in [3.63, 3.8) is 0 Å². The van der Waals surface area contributed by atoms with E-state index >= 15 is 0 Å². The summed E-state index contributed by atoms with van der Waals surface area (Å²) in [5.41, 5.74) is 6.53. The highest BCUT2D eigenvalue weighted by Gasteiger charge is 2.11. The van der Waals surface area contributed by atoms with Gasteiger partial charge in [-0.05, 0) is 55.7 Å². The Balaban J connectivity index is 1.61. The summed E-state index contributed by atoms with van der Waals surface area (Å²) in [6.45, 7) is 7.31. The number of aryl methyl sites for hydroxylation is 3. The summed E-state index contributed by atoms with van der Waals surface area (Å²) in [4.78, 5) is 16.9. The lowest BCUT2D eigenvalue weighted by Crippen LogP contribution is -2.07. The third-order valence-electron chi connectivity index (χ3n) is 4.53. The zero-order valence-corrected chi connectivity index (χ0v) is 18.5. The van der Waals surface area contributed by atoms with E-state index in [1.807, 2.05) is 29.6 Å². The van der Waals surface area contributed by atoms with Gasteiger partial charge >= 0.3 is 0 Å². The summed E-state index contributed by atoms with van der Waals surface area (Å²) in [6.07, 6.45) is 3.27. The summed E-state index contributed by atoms with van der Waals surface area (Å²) in [5, 5.41) is 5.40. The average Bonchev–Trinajstić information content (AvgIpc) is 3.14. The molecule has 0 bridgehead atoms. The Bertz CT molecular complexity index is 1020. The number of rotatable bonds is 8. The lowest BCUT2D eigenvalue weighted by atomic mass is 9.98. The first-order valence-corrected chi connectivity index (χ1v) is 10.6. The van der Waals surface area contributed by atoms with Crippen LogP contribution in [0.25, 0.3) is 17.3 Å². The van der Waals surface area contributed by atoms with Crippen LogP contribution in [-0.4, -0.2) is 31.2 Å². The maximum absolute atomic E-state index is 12.3. The minimum atomic E-state index is -0.214. The molecule has 2 aromatic carbocycles. The third-order valence-corrected chi connectivity index (χ3v) is 5.29. The molecule has 3 rings (SSSR count). The van der Waals surface area contributed by atoms with Crippen molar-refractivity contribution in [3.8, 4) is 17.0 Å². The number of aromatic nitrogens is 1. The number of nitrogens with zero attached hydrogens (tertiary/aromatic N) is 1. The lowest BCUT2D eigenvalue weighted by Gasteiger charge is -2.08. The van der Waals surface area contributed by atoms with Gasteiger partial charge in [0, 0.05) is 24.1 Å². The van der Waals surface area contributed by atoms with Gasteiger partial charge in [-0.3, -0.25) is 10.1 Å². The number of benzene rings is 2. The second kappa shape index (κ2) is 10.2. The zero-order valence-electron chi connectivity index (χ0n) is 17.7. The minimum Gasteiger partial charge on any atom is -0.491 e. The fourth-order valence-corrected chi connectivity index (χ4v) is 3.97. The fraction of sp³-hybridized carbons (Fsp3) is 0.250. The van der Waals surface area contributed by atoms with Crippen molar-refractivity contribution >= 4 is 28.5 Å². The molecule has 0 aliphatic carbocycles. The van der Waals surface area contributed by atoms with E-state index in [9.17, 15) is 4.79 Å². The Labute approximate surface area is 181 Å². The number of amides is 1. The van der Waals surface area contributed by atoms with Crippen molar-refractivity contribution in [2.75, 3.05) is 25.6 Å².